The Balaban J connectivity index is 1.47. The van der Waals surface area contributed by atoms with Crippen molar-refractivity contribution >= 4 is 29.7 Å². The van der Waals surface area contributed by atoms with Crippen LogP contribution < -0.4 is 0 Å². The van der Waals surface area contributed by atoms with Crippen molar-refractivity contribution in [1.29, 1.82) is 0 Å². The molecule has 1 aromatic carbocycles. The van der Waals surface area contributed by atoms with Gasteiger partial charge in [-0.2, -0.15) is 0 Å². The Labute approximate surface area is 179 Å². The maximum absolute atomic E-state index is 14.6. The highest BCUT2D eigenvalue weighted by Crippen LogP contribution is 2.66. The minimum absolute atomic E-state index is 0.0617. The van der Waals surface area contributed by atoms with E-state index in [2.05, 4.69) is 4.57 Å². The molecule has 3 aliphatic rings. The summed E-state index contributed by atoms with van der Waals surface area (Å²) in [5, 5.41) is 0.540. The number of halogens is 2. The highest BCUT2D eigenvalue weighted by molar-refractivity contribution is 7.71. The molecule has 2 aromatic rings. The molecular formula is C21H23ClFN3O2S. The summed E-state index contributed by atoms with van der Waals surface area (Å²) in [4.78, 5) is 14.8. The number of rotatable bonds is 4. The number of nitrogens with zero attached hydrogens (tertiary/aromatic N) is 3. The van der Waals surface area contributed by atoms with Gasteiger partial charge in [0.1, 0.15) is 5.82 Å². The zero-order valence-electron chi connectivity index (χ0n) is 16.5. The van der Waals surface area contributed by atoms with E-state index in [0.717, 1.165) is 24.2 Å². The fraction of sp³-hybridized carbons (Fsp3) is 0.524. The predicted molar refractivity (Wildman–Crippen MR) is 110 cm³/mol. The number of carbonyl (C=O) groups excluding carboxylic acids is 1. The number of benzene rings is 1. The van der Waals surface area contributed by atoms with Crippen LogP contribution in [-0.4, -0.2) is 46.2 Å². The first kappa shape index (κ1) is 19.3. The maximum Gasteiger partial charge on any atom is 0.228 e. The van der Waals surface area contributed by atoms with Crippen LogP contribution in [0, 0.1) is 10.6 Å². The van der Waals surface area contributed by atoms with Crippen LogP contribution in [0.2, 0.25) is 5.02 Å². The molecule has 0 bridgehead atoms. The molecule has 2 aliphatic heterocycles. The van der Waals surface area contributed by atoms with Gasteiger partial charge in [-0.3, -0.25) is 4.79 Å². The standard InChI is InChI=1S/C21H23ClFN3O2S/c1-24(13-5-6-28-10-13)18(27)8-17-19-15-9-21(15,11-26(19)20(29)25(17)2)14-7-12(22)3-4-16(14)23/h3-4,7,13,15H,5-6,8-11H2,1-2H3/t13?,15-,21+/m0/s1. The summed E-state index contributed by atoms with van der Waals surface area (Å²) >= 11 is 11.8. The van der Waals surface area contributed by atoms with Crippen LogP contribution in [0.3, 0.4) is 0 Å². The fourth-order valence-electron chi connectivity index (χ4n) is 5.16. The highest BCUT2D eigenvalue weighted by atomic mass is 35.5. The highest BCUT2D eigenvalue weighted by Gasteiger charge is 2.63. The largest absolute Gasteiger partial charge is 0.379 e. The Kier molecular flexibility index (Phi) is 4.42. The Morgan fingerprint density at radius 3 is 3.00 bits per heavy atom. The van der Waals surface area contributed by atoms with Gasteiger partial charge in [0.2, 0.25) is 5.91 Å². The van der Waals surface area contributed by atoms with Gasteiger partial charge in [0.15, 0.2) is 4.77 Å². The summed E-state index contributed by atoms with van der Waals surface area (Å²) in [7, 11) is 3.76. The third-order valence-corrected chi connectivity index (χ3v) is 7.71. The van der Waals surface area contributed by atoms with Crippen molar-refractivity contribution in [3.05, 3.63) is 50.8 Å². The summed E-state index contributed by atoms with van der Waals surface area (Å²) in [6, 6.07) is 4.89. The number of amides is 1. The van der Waals surface area contributed by atoms with E-state index in [-0.39, 0.29) is 29.1 Å². The first-order chi connectivity index (χ1) is 13.8. The van der Waals surface area contributed by atoms with Gasteiger partial charge < -0.3 is 18.8 Å². The van der Waals surface area contributed by atoms with E-state index < -0.39 is 0 Å². The van der Waals surface area contributed by atoms with Gasteiger partial charge in [-0.05, 0) is 48.8 Å². The monoisotopic (exact) mass is 435 g/mol. The van der Waals surface area contributed by atoms with Gasteiger partial charge in [0.25, 0.3) is 0 Å². The molecule has 0 N–H and O–H groups in total. The lowest BCUT2D eigenvalue weighted by molar-refractivity contribution is -0.131. The molecule has 8 heteroatoms. The van der Waals surface area contributed by atoms with Crippen LogP contribution >= 0.6 is 23.8 Å². The molecule has 2 fully saturated rings. The Morgan fingerprint density at radius 2 is 2.28 bits per heavy atom. The summed E-state index contributed by atoms with van der Waals surface area (Å²) in [6.45, 7) is 1.93. The van der Waals surface area contributed by atoms with Crippen molar-refractivity contribution in [2.24, 2.45) is 7.05 Å². The van der Waals surface area contributed by atoms with Gasteiger partial charge in [0, 0.05) is 55.0 Å². The summed E-state index contributed by atoms with van der Waals surface area (Å²) in [5.41, 5.74) is 2.39. The molecule has 1 aromatic heterocycles. The van der Waals surface area contributed by atoms with Gasteiger partial charge in [0.05, 0.1) is 19.1 Å². The zero-order chi connectivity index (χ0) is 20.5. The Hall–Kier alpha value is -1.70. The third-order valence-electron chi connectivity index (χ3n) is 6.99. The average Bonchev–Trinajstić information content (AvgIpc) is 3.02. The van der Waals surface area contributed by atoms with Gasteiger partial charge in [-0.25, -0.2) is 4.39 Å². The molecule has 1 saturated carbocycles. The van der Waals surface area contributed by atoms with Crippen molar-refractivity contribution in [2.45, 2.75) is 43.2 Å². The molecule has 3 heterocycles. The second-order valence-corrected chi connectivity index (χ2v) is 9.30. The average molecular weight is 436 g/mol. The molecule has 1 unspecified atom stereocenters. The molecule has 1 amide bonds. The number of carbonyl (C=O) groups is 1. The van der Waals surface area contributed by atoms with Crippen molar-refractivity contribution in [1.82, 2.24) is 14.0 Å². The third kappa shape index (κ3) is 2.81. The molecule has 154 valence electrons. The molecule has 5 nitrogen and oxygen atoms in total. The molecule has 3 atom stereocenters. The topological polar surface area (TPSA) is 39.4 Å². The van der Waals surface area contributed by atoms with Crippen molar-refractivity contribution in [2.75, 3.05) is 20.3 Å². The van der Waals surface area contributed by atoms with Gasteiger partial charge in [-0.15, -0.1) is 0 Å². The van der Waals surface area contributed by atoms with Gasteiger partial charge >= 0.3 is 0 Å². The van der Waals surface area contributed by atoms with E-state index in [1.165, 1.54) is 6.07 Å². The van der Waals surface area contributed by atoms with Crippen LogP contribution in [-0.2, 0) is 35.0 Å². The van der Waals surface area contributed by atoms with E-state index in [1.807, 2.05) is 18.7 Å². The van der Waals surface area contributed by atoms with E-state index >= 15 is 0 Å². The molecule has 1 saturated heterocycles. The molecule has 29 heavy (non-hydrogen) atoms. The lowest BCUT2D eigenvalue weighted by Gasteiger charge is -2.23. The van der Waals surface area contributed by atoms with E-state index in [0.29, 0.717) is 41.5 Å². The maximum atomic E-state index is 14.6. The lowest BCUT2D eigenvalue weighted by atomic mass is 9.93. The van der Waals surface area contributed by atoms with Crippen molar-refractivity contribution in [3.63, 3.8) is 0 Å². The summed E-state index contributed by atoms with van der Waals surface area (Å²) < 4.78 is 24.8. The van der Waals surface area contributed by atoms with Crippen LogP contribution in [0.4, 0.5) is 4.39 Å². The van der Waals surface area contributed by atoms with Crippen molar-refractivity contribution < 1.29 is 13.9 Å². The number of likely N-dealkylation sites (N-methyl/N-ethyl adjacent to an activating group) is 1. The van der Waals surface area contributed by atoms with E-state index in [4.69, 9.17) is 28.6 Å². The number of hydrogen-bond acceptors (Lipinski definition) is 3. The second kappa shape index (κ2) is 6.65. The zero-order valence-corrected chi connectivity index (χ0v) is 18.0. The van der Waals surface area contributed by atoms with Crippen LogP contribution in [0.5, 0.6) is 0 Å². The smallest absolute Gasteiger partial charge is 0.228 e. The number of imidazole rings is 1. The van der Waals surface area contributed by atoms with Gasteiger partial charge in [-0.1, -0.05) is 11.6 Å². The van der Waals surface area contributed by atoms with Crippen LogP contribution in [0.25, 0.3) is 0 Å². The molecule has 0 spiro atoms. The van der Waals surface area contributed by atoms with Crippen molar-refractivity contribution in [3.8, 4) is 0 Å². The predicted octanol–water partition coefficient (Wildman–Crippen LogP) is 3.58. The number of ether oxygens (including phenoxy) is 1. The normalized spacial score (nSPS) is 27.0. The van der Waals surface area contributed by atoms with Crippen LogP contribution in [0.1, 0.15) is 35.7 Å². The summed E-state index contributed by atoms with van der Waals surface area (Å²) in [5.74, 6) is 0.00409. The molecular weight excluding hydrogens is 413 g/mol. The minimum Gasteiger partial charge on any atom is -0.379 e. The fourth-order valence-corrected chi connectivity index (χ4v) is 5.61. The first-order valence-electron chi connectivity index (χ1n) is 9.90. The number of fused-ring (bicyclic) bond motifs is 3. The summed E-state index contributed by atoms with van der Waals surface area (Å²) in [6.07, 6.45) is 2.02. The lowest BCUT2D eigenvalue weighted by Crippen LogP contribution is -2.38. The number of hydrogen-bond donors (Lipinski definition) is 0. The number of aromatic nitrogens is 2. The Morgan fingerprint density at radius 1 is 1.48 bits per heavy atom. The quantitative estimate of drug-likeness (QED) is 0.689. The minimum atomic E-state index is -0.296. The van der Waals surface area contributed by atoms with E-state index in [9.17, 15) is 9.18 Å². The first-order valence-corrected chi connectivity index (χ1v) is 10.7. The second-order valence-electron chi connectivity index (χ2n) is 8.50. The Bertz CT molecular complexity index is 1070. The SMILES string of the molecule is CN(C(=O)Cc1c2n(c(=S)n1C)C[C@@]1(c3cc(Cl)ccc3F)C[C@@H]21)C1CCOC1. The molecule has 0 radical (unpaired) electrons. The molecule has 5 rings (SSSR count). The van der Waals surface area contributed by atoms with E-state index in [1.54, 1.807) is 17.0 Å². The molecule has 1 aliphatic carbocycles. The van der Waals surface area contributed by atoms with Crippen LogP contribution in [0.15, 0.2) is 18.2 Å².